The second-order valence-electron chi connectivity index (χ2n) is 2.46. The van der Waals surface area contributed by atoms with E-state index in [2.05, 4.69) is 38.8 Å². The van der Waals surface area contributed by atoms with Gasteiger partial charge in [0.05, 0.1) is 0 Å². The Morgan fingerprint density at radius 3 is 2.00 bits per heavy atom. The summed E-state index contributed by atoms with van der Waals surface area (Å²) in [7, 11) is 0. The zero-order valence-electron chi connectivity index (χ0n) is 4.90. The molecule has 2 heteroatoms. The molecule has 8 heavy (non-hydrogen) atoms. The Morgan fingerprint density at radius 1 is 1.38 bits per heavy atom. The average molecular weight is 242 g/mol. The Hall–Kier alpha value is 0.960. The average Bonchev–Trinajstić information content (AvgIpc) is 2.43. The summed E-state index contributed by atoms with van der Waals surface area (Å²) in [6.45, 7) is 2.19. The fourth-order valence-corrected chi connectivity index (χ4v) is 1.75. The molecule has 1 fully saturated rings. The van der Waals surface area contributed by atoms with Crippen molar-refractivity contribution in [1.82, 2.24) is 0 Å². The lowest BCUT2D eigenvalue weighted by Gasteiger charge is -2.08. The largest absolute Gasteiger partial charge is 0.0881 e. The molecule has 0 aliphatic heterocycles. The fraction of sp³-hybridized carbons (Fsp3) is 1.00. The first kappa shape index (κ1) is 7.07. The first-order valence-electron chi connectivity index (χ1n) is 3.00. The lowest BCUT2D eigenvalue weighted by molar-refractivity contribution is 0.762. The first-order chi connectivity index (χ1) is 3.72. The summed E-state index contributed by atoms with van der Waals surface area (Å²) in [6.07, 6.45) is 2.84. The van der Waals surface area contributed by atoms with Crippen molar-refractivity contribution in [2.24, 2.45) is 5.92 Å². The molecule has 0 amide bonds. The van der Waals surface area contributed by atoms with E-state index in [1.807, 2.05) is 0 Å². The van der Waals surface area contributed by atoms with E-state index in [-0.39, 0.29) is 0 Å². The summed E-state index contributed by atoms with van der Waals surface area (Å²) in [5.74, 6) is 0.962. The molecule has 2 atom stereocenters. The lowest BCUT2D eigenvalue weighted by Crippen LogP contribution is -2.11. The molecule has 1 aliphatic carbocycles. The number of halogens is 2. The molecule has 0 bridgehead atoms. The van der Waals surface area contributed by atoms with Gasteiger partial charge < -0.3 is 0 Å². The van der Waals surface area contributed by atoms with Crippen molar-refractivity contribution in [3.63, 3.8) is 0 Å². The van der Waals surface area contributed by atoms with Crippen LogP contribution in [0, 0.1) is 5.92 Å². The van der Waals surface area contributed by atoms with Crippen molar-refractivity contribution < 1.29 is 0 Å². The van der Waals surface area contributed by atoms with Crippen LogP contribution in [0.15, 0.2) is 0 Å². The molecular weight excluding hydrogens is 232 g/mol. The minimum absolute atomic E-state index is 0.634. The van der Waals surface area contributed by atoms with Gasteiger partial charge in [-0.1, -0.05) is 38.8 Å². The third-order valence-electron chi connectivity index (χ3n) is 1.51. The molecule has 0 nitrogen and oxygen atoms in total. The van der Waals surface area contributed by atoms with E-state index in [1.165, 1.54) is 12.8 Å². The number of hydrogen-bond donors (Lipinski definition) is 0. The molecule has 0 spiro atoms. The molecule has 2 unspecified atom stereocenters. The maximum Gasteiger partial charge on any atom is 0.0296 e. The summed E-state index contributed by atoms with van der Waals surface area (Å²) in [5.41, 5.74) is 0. The van der Waals surface area contributed by atoms with Crippen LogP contribution in [0.5, 0.6) is 0 Å². The van der Waals surface area contributed by atoms with Gasteiger partial charge in [0, 0.05) is 9.65 Å². The SMILES string of the molecule is CC(Br)C(Br)C1CC1. The third kappa shape index (κ3) is 1.73. The summed E-state index contributed by atoms with van der Waals surface area (Å²) >= 11 is 7.16. The highest BCUT2D eigenvalue weighted by molar-refractivity contribution is 9.12. The van der Waals surface area contributed by atoms with Gasteiger partial charge in [-0.2, -0.15) is 0 Å². The highest BCUT2D eigenvalue weighted by atomic mass is 79.9. The van der Waals surface area contributed by atoms with E-state index in [4.69, 9.17) is 0 Å². The Kier molecular flexibility index (Phi) is 2.38. The van der Waals surface area contributed by atoms with Gasteiger partial charge >= 0.3 is 0 Å². The van der Waals surface area contributed by atoms with Crippen LogP contribution in [0.2, 0.25) is 0 Å². The van der Waals surface area contributed by atoms with Crippen molar-refractivity contribution in [1.29, 1.82) is 0 Å². The quantitative estimate of drug-likeness (QED) is 0.653. The number of hydrogen-bond acceptors (Lipinski definition) is 0. The monoisotopic (exact) mass is 240 g/mol. The van der Waals surface area contributed by atoms with Crippen molar-refractivity contribution in [3.05, 3.63) is 0 Å². The summed E-state index contributed by atoms with van der Waals surface area (Å²) in [5, 5.41) is 0. The van der Waals surface area contributed by atoms with E-state index >= 15 is 0 Å². The fourth-order valence-electron chi connectivity index (χ4n) is 0.790. The van der Waals surface area contributed by atoms with E-state index < -0.39 is 0 Å². The molecule has 0 saturated heterocycles. The predicted molar refractivity (Wildman–Crippen MR) is 43.8 cm³/mol. The van der Waals surface area contributed by atoms with Crippen LogP contribution in [0.25, 0.3) is 0 Å². The van der Waals surface area contributed by atoms with Crippen LogP contribution in [0.4, 0.5) is 0 Å². The second kappa shape index (κ2) is 2.70. The van der Waals surface area contributed by atoms with Crippen LogP contribution in [-0.4, -0.2) is 9.65 Å². The Labute approximate surface area is 67.3 Å². The zero-order chi connectivity index (χ0) is 6.15. The van der Waals surface area contributed by atoms with Crippen LogP contribution in [0.3, 0.4) is 0 Å². The van der Waals surface area contributed by atoms with Gasteiger partial charge in [-0.3, -0.25) is 0 Å². The van der Waals surface area contributed by atoms with E-state index in [9.17, 15) is 0 Å². The molecule has 0 radical (unpaired) electrons. The molecule has 0 aromatic heterocycles. The lowest BCUT2D eigenvalue weighted by atomic mass is 10.2. The van der Waals surface area contributed by atoms with Gasteiger partial charge in [0.1, 0.15) is 0 Å². The van der Waals surface area contributed by atoms with E-state index in [0.29, 0.717) is 9.65 Å². The predicted octanol–water partition coefficient (Wildman–Crippen LogP) is 2.94. The van der Waals surface area contributed by atoms with Crippen molar-refractivity contribution in [2.75, 3.05) is 0 Å². The smallest absolute Gasteiger partial charge is 0.0296 e. The zero-order valence-corrected chi connectivity index (χ0v) is 8.07. The van der Waals surface area contributed by atoms with Crippen molar-refractivity contribution in [2.45, 2.75) is 29.4 Å². The van der Waals surface area contributed by atoms with Gasteiger partial charge in [0.25, 0.3) is 0 Å². The molecule has 1 saturated carbocycles. The summed E-state index contributed by atoms with van der Waals surface area (Å²) in [4.78, 5) is 1.34. The maximum absolute atomic E-state index is 3.62. The van der Waals surface area contributed by atoms with Crippen LogP contribution < -0.4 is 0 Å². The van der Waals surface area contributed by atoms with E-state index in [0.717, 1.165) is 5.92 Å². The number of rotatable bonds is 2. The third-order valence-corrected chi connectivity index (χ3v) is 4.33. The van der Waals surface area contributed by atoms with Crippen molar-refractivity contribution >= 4 is 31.9 Å². The highest BCUT2D eigenvalue weighted by Gasteiger charge is 2.31. The summed E-state index contributed by atoms with van der Waals surface area (Å²) in [6, 6.07) is 0. The number of alkyl halides is 2. The Bertz CT molecular complexity index is 74.6. The highest BCUT2D eigenvalue weighted by Crippen LogP contribution is 2.39. The van der Waals surface area contributed by atoms with Crippen molar-refractivity contribution in [3.8, 4) is 0 Å². The van der Waals surface area contributed by atoms with Crippen LogP contribution >= 0.6 is 31.9 Å². The van der Waals surface area contributed by atoms with Gasteiger partial charge in [0.2, 0.25) is 0 Å². The van der Waals surface area contributed by atoms with Crippen LogP contribution in [0.1, 0.15) is 19.8 Å². The molecule has 0 N–H and O–H groups in total. The van der Waals surface area contributed by atoms with Gasteiger partial charge in [0.15, 0.2) is 0 Å². The maximum atomic E-state index is 3.62. The molecule has 1 aliphatic rings. The Balaban J connectivity index is 2.22. The molecular formula is C6H10Br2. The molecule has 0 aromatic carbocycles. The second-order valence-corrected chi connectivity index (χ2v) is 4.96. The summed E-state index contributed by atoms with van der Waals surface area (Å²) < 4.78 is 0. The molecule has 1 rings (SSSR count). The normalized spacial score (nSPS) is 27.4. The standard InChI is InChI=1S/C6H10Br2/c1-4(7)6(8)5-2-3-5/h4-6H,2-3H2,1H3. The Morgan fingerprint density at radius 2 is 1.88 bits per heavy atom. The van der Waals surface area contributed by atoms with E-state index in [1.54, 1.807) is 0 Å². The van der Waals surface area contributed by atoms with Crippen LogP contribution in [-0.2, 0) is 0 Å². The topological polar surface area (TPSA) is 0 Å². The molecule has 48 valence electrons. The van der Waals surface area contributed by atoms with Gasteiger partial charge in [-0.05, 0) is 18.8 Å². The molecule has 0 aromatic rings. The van der Waals surface area contributed by atoms with Gasteiger partial charge in [-0.15, -0.1) is 0 Å². The molecule has 0 heterocycles. The minimum atomic E-state index is 0.634. The van der Waals surface area contributed by atoms with Gasteiger partial charge in [-0.25, -0.2) is 0 Å². The minimum Gasteiger partial charge on any atom is -0.0881 e. The first-order valence-corrected chi connectivity index (χ1v) is 4.83.